The third-order valence-corrected chi connectivity index (χ3v) is 2.04. The zero-order chi connectivity index (χ0) is 15.2. The quantitative estimate of drug-likeness (QED) is 0.625. The Morgan fingerprint density at radius 3 is 2.00 bits per heavy atom. The lowest BCUT2D eigenvalue weighted by atomic mass is 10.0. The number of carbonyl (C=O) groups excluding carboxylic acids is 2. The molecule has 0 spiro atoms. The highest BCUT2D eigenvalue weighted by molar-refractivity contribution is 5.99. The molecule has 0 aliphatic heterocycles. The fourth-order valence-corrected chi connectivity index (χ4v) is 1.53. The lowest BCUT2D eigenvalue weighted by Crippen LogP contribution is -2.33. The van der Waals surface area contributed by atoms with Crippen LogP contribution in [0.4, 0.5) is 4.79 Å². The summed E-state index contributed by atoms with van der Waals surface area (Å²) in [5.74, 6) is -0.121. The van der Waals surface area contributed by atoms with Crippen LogP contribution in [0.25, 0.3) is 0 Å². The number of carbonyl (C=O) groups is 2. The number of hydrogen-bond donors (Lipinski definition) is 1. The van der Waals surface area contributed by atoms with E-state index in [0.29, 0.717) is 11.3 Å². The second-order valence-electron chi connectivity index (χ2n) is 5.37. The topological polar surface area (TPSA) is 55.4 Å². The van der Waals surface area contributed by atoms with Gasteiger partial charge in [0.15, 0.2) is 5.78 Å². The molecule has 0 aliphatic carbocycles. The van der Waals surface area contributed by atoms with Gasteiger partial charge in [0, 0.05) is 5.57 Å². The van der Waals surface area contributed by atoms with Gasteiger partial charge < -0.3 is 4.74 Å². The number of ether oxygens (including phenoxy) is 1. The van der Waals surface area contributed by atoms with Gasteiger partial charge in [0.2, 0.25) is 0 Å². The minimum atomic E-state index is -0.597. The van der Waals surface area contributed by atoms with Crippen molar-refractivity contribution in [3.05, 3.63) is 35.6 Å². The highest BCUT2D eigenvalue weighted by Gasteiger charge is 2.19. The van der Waals surface area contributed by atoms with Gasteiger partial charge in [0.05, 0.1) is 5.70 Å². The summed E-state index contributed by atoms with van der Waals surface area (Å²) in [6.07, 6.45) is 2.49. The lowest BCUT2D eigenvalue weighted by molar-refractivity contribution is -0.113. The number of hydrogen-bond acceptors (Lipinski definition) is 3. The van der Waals surface area contributed by atoms with E-state index in [4.69, 9.17) is 4.74 Å². The highest BCUT2D eigenvalue weighted by atomic mass is 16.6. The Balaban J connectivity index is 5.23. The van der Waals surface area contributed by atoms with Crippen LogP contribution in [-0.2, 0) is 9.53 Å². The van der Waals surface area contributed by atoms with E-state index in [0.717, 1.165) is 5.57 Å². The second kappa shape index (κ2) is 6.92. The minimum absolute atomic E-state index is 0.121. The molecule has 0 atom stereocenters. The van der Waals surface area contributed by atoms with Crippen molar-refractivity contribution < 1.29 is 14.3 Å². The minimum Gasteiger partial charge on any atom is -0.444 e. The zero-order valence-corrected chi connectivity index (χ0v) is 12.6. The first-order chi connectivity index (χ1) is 8.58. The van der Waals surface area contributed by atoms with Crippen molar-refractivity contribution in [3.8, 4) is 0 Å². The van der Waals surface area contributed by atoms with Gasteiger partial charge in [0.25, 0.3) is 0 Å². The predicted molar refractivity (Wildman–Crippen MR) is 76.7 cm³/mol. The molecular formula is C15H23NO3. The number of allylic oxidation sites excluding steroid dienone is 4. The number of ketones is 1. The van der Waals surface area contributed by atoms with Crippen LogP contribution in [0, 0.1) is 0 Å². The van der Waals surface area contributed by atoms with Crippen molar-refractivity contribution in [2.24, 2.45) is 0 Å². The molecule has 0 fully saturated rings. The highest BCUT2D eigenvalue weighted by Crippen LogP contribution is 2.15. The standard InChI is InChI=1S/C15H23NO3/c1-8-9-12(13(10(2)3)11(4)17)16-14(18)19-15(5,6)7/h8-9H,1H2,2-7H3,(H,16,18)/b12-9+. The van der Waals surface area contributed by atoms with Crippen LogP contribution in [0.3, 0.4) is 0 Å². The Hall–Kier alpha value is -1.84. The summed E-state index contributed by atoms with van der Waals surface area (Å²) >= 11 is 0. The summed E-state index contributed by atoms with van der Waals surface area (Å²) in [6.45, 7) is 14.0. The second-order valence-corrected chi connectivity index (χ2v) is 5.37. The molecule has 4 heteroatoms. The van der Waals surface area contributed by atoms with E-state index in [9.17, 15) is 9.59 Å². The molecule has 0 aromatic rings. The molecule has 0 saturated heterocycles. The van der Waals surface area contributed by atoms with Gasteiger partial charge in [0.1, 0.15) is 5.60 Å². The van der Waals surface area contributed by atoms with E-state index in [1.807, 2.05) is 13.8 Å². The molecular weight excluding hydrogens is 242 g/mol. The number of rotatable bonds is 4. The van der Waals surface area contributed by atoms with Crippen molar-refractivity contribution >= 4 is 11.9 Å². The van der Waals surface area contributed by atoms with Gasteiger partial charge in [-0.3, -0.25) is 10.1 Å². The SMILES string of the molecule is C=C/C=C(/NC(=O)OC(C)(C)C)C(C(C)=O)=C(C)C. The van der Waals surface area contributed by atoms with Crippen LogP contribution in [0.1, 0.15) is 41.5 Å². The maximum Gasteiger partial charge on any atom is 0.412 e. The first kappa shape index (κ1) is 17.2. The molecule has 0 aromatic carbocycles. The first-order valence-electron chi connectivity index (χ1n) is 6.10. The molecule has 0 rings (SSSR count). The zero-order valence-electron chi connectivity index (χ0n) is 12.6. The number of nitrogens with one attached hydrogen (secondary N) is 1. The van der Waals surface area contributed by atoms with Crippen LogP contribution in [0.5, 0.6) is 0 Å². The van der Waals surface area contributed by atoms with Gasteiger partial charge in [-0.15, -0.1) is 0 Å². The van der Waals surface area contributed by atoms with Crippen LogP contribution in [-0.4, -0.2) is 17.5 Å². The number of alkyl carbamates (subject to hydrolysis) is 1. The maximum atomic E-state index is 11.8. The molecule has 1 amide bonds. The third-order valence-electron chi connectivity index (χ3n) is 2.04. The summed E-state index contributed by atoms with van der Waals surface area (Å²) in [7, 11) is 0. The molecule has 0 radical (unpaired) electrons. The van der Waals surface area contributed by atoms with E-state index < -0.39 is 11.7 Å². The lowest BCUT2D eigenvalue weighted by Gasteiger charge is -2.21. The molecule has 19 heavy (non-hydrogen) atoms. The predicted octanol–water partition coefficient (Wildman–Crippen LogP) is 3.51. The van der Waals surface area contributed by atoms with E-state index in [2.05, 4.69) is 11.9 Å². The fraction of sp³-hybridized carbons (Fsp3) is 0.467. The molecule has 4 nitrogen and oxygen atoms in total. The van der Waals surface area contributed by atoms with Crippen molar-refractivity contribution in [3.63, 3.8) is 0 Å². The van der Waals surface area contributed by atoms with Gasteiger partial charge in [-0.05, 0) is 47.6 Å². The number of Topliss-reactive ketones (excluding diaryl/α,β-unsaturated/α-hetero) is 1. The van der Waals surface area contributed by atoms with Crippen LogP contribution in [0.15, 0.2) is 35.6 Å². The molecule has 0 saturated carbocycles. The molecule has 1 N–H and O–H groups in total. The van der Waals surface area contributed by atoms with Gasteiger partial charge in [-0.1, -0.05) is 18.2 Å². The molecule has 0 heterocycles. The van der Waals surface area contributed by atoms with E-state index >= 15 is 0 Å². The Kier molecular flexibility index (Phi) is 6.25. The van der Waals surface area contributed by atoms with Gasteiger partial charge >= 0.3 is 6.09 Å². The Labute approximate surface area is 115 Å². The molecule has 0 aliphatic rings. The fourth-order valence-electron chi connectivity index (χ4n) is 1.53. The summed E-state index contributed by atoms with van der Waals surface area (Å²) in [5.41, 5.74) is 1.09. The monoisotopic (exact) mass is 265 g/mol. The van der Waals surface area contributed by atoms with Crippen molar-refractivity contribution in [1.29, 1.82) is 0 Å². The van der Waals surface area contributed by atoms with E-state index in [1.54, 1.807) is 26.8 Å². The van der Waals surface area contributed by atoms with Gasteiger partial charge in [-0.2, -0.15) is 0 Å². The maximum absolute atomic E-state index is 11.8. The first-order valence-corrected chi connectivity index (χ1v) is 6.10. The summed E-state index contributed by atoms with van der Waals surface area (Å²) in [5, 5.41) is 2.59. The normalized spacial score (nSPS) is 11.6. The molecule has 0 bridgehead atoms. The van der Waals surface area contributed by atoms with Crippen LogP contribution >= 0.6 is 0 Å². The Bertz CT molecular complexity index is 433. The van der Waals surface area contributed by atoms with Crippen LogP contribution < -0.4 is 5.32 Å². The van der Waals surface area contributed by atoms with Crippen molar-refractivity contribution in [2.45, 2.75) is 47.1 Å². The van der Waals surface area contributed by atoms with Crippen LogP contribution in [0.2, 0.25) is 0 Å². The Morgan fingerprint density at radius 2 is 1.68 bits per heavy atom. The summed E-state index contributed by atoms with van der Waals surface area (Å²) < 4.78 is 5.17. The largest absolute Gasteiger partial charge is 0.444 e. The molecule has 0 aromatic heterocycles. The third kappa shape index (κ3) is 6.60. The van der Waals surface area contributed by atoms with E-state index in [1.165, 1.54) is 13.0 Å². The molecule has 0 unspecified atom stereocenters. The average molecular weight is 265 g/mol. The smallest absolute Gasteiger partial charge is 0.412 e. The van der Waals surface area contributed by atoms with Crippen molar-refractivity contribution in [2.75, 3.05) is 0 Å². The van der Waals surface area contributed by atoms with Gasteiger partial charge in [-0.25, -0.2) is 4.79 Å². The van der Waals surface area contributed by atoms with E-state index in [-0.39, 0.29) is 5.78 Å². The van der Waals surface area contributed by atoms with Crippen molar-refractivity contribution in [1.82, 2.24) is 5.32 Å². The summed E-state index contributed by atoms with van der Waals surface area (Å²) in [6, 6.07) is 0. The number of amides is 1. The Morgan fingerprint density at radius 1 is 1.16 bits per heavy atom. The molecule has 106 valence electrons. The average Bonchev–Trinajstić information content (AvgIpc) is 2.12. The summed E-state index contributed by atoms with van der Waals surface area (Å²) in [4.78, 5) is 23.4.